The van der Waals surface area contributed by atoms with Crippen LogP contribution in [0.2, 0.25) is 0 Å². The molecule has 30 heavy (non-hydrogen) atoms. The number of carbonyl (C=O) groups is 1. The summed E-state index contributed by atoms with van der Waals surface area (Å²) in [7, 11) is 0. The molecule has 1 amide bonds. The van der Waals surface area contributed by atoms with E-state index in [1.165, 1.54) is 18.2 Å². The molecule has 0 unspecified atom stereocenters. The summed E-state index contributed by atoms with van der Waals surface area (Å²) in [6, 6.07) is 12.3. The number of ether oxygens (including phenoxy) is 1. The van der Waals surface area contributed by atoms with Crippen LogP contribution in [-0.4, -0.2) is 49.6 Å². The molecule has 5 nitrogen and oxygen atoms in total. The van der Waals surface area contributed by atoms with E-state index < -0.39 is 23.7 Å². The maximum atomic E-state index is 13.2. The highest BCUT2D eigenvalue weighted by Gasteiger charge is 2.34. The van der Waals surface area contributed by atoms with Gasteiger partial charge in [0.1, 0.15) is 5.75 Å². The van der Waals surface area contributed by atoms with Crippen LogP contribution >= 0.6 is 0 Å². The Labute approximate surface area is 174 Å². The first kappa shape index (κ1) is 22.0. The second-order valence-electron chi connectivity index (χ2n) is 7.13. The van der Waals surface area contributed by atoms with Crippen molar-refractivity contribution in [2.75, 3.05) is 43.0 Å². The van der Waals surface area contributed by atoms with Crippen LogP contribution in [0.3, 0.4) is 0 Å². The maximum absolute atomic E-state index is 13.2. The number of benzene rings is 2. The number of rotatable bonds is 6. The predicted molar refractivity (Wildman–Crippen MR) is 111 cm³/mol. The standard InChI is InChI=1S/C22H26F3N3O2/c1-3-30-20-11-7-6-10-19(20)28-14-12-27(13-15-28)16(2)21(29)26-18-9-5-4-8-17(18)22(23,24)25/h4-11,16H,3,12-15H2,1-2H3,(H,26,29)/t16-/m0/s1. The van der Waals surface area contributed by atoms with Crippen molar-refractivity contribution >= 4 is 17.3 Å². The van der Waals surface area contributed by atoms with E-state index in [0.29, 0.717) is 32.8 Å². The summed E-state index contributed by atoms with van der Waals surface area (Å²) in [4.78, 5) is 16.8. The minimum atomic E-state index is -4.52. The number of anilines is 2. The molecule has 3 rings (SSSR count). The van der Waals surface area contributed by atoms with E-state index >= 15 is 0 Å². The number of piperazine rings is 1. The number of hydrogen-bond donors (Lipinski definition) is 1. The van der Waals surface area contributed by atoms with E-state index in [-0.39, 0.29) is 5.69 Å². The van der Waals surface area contributed by atoms with Crippen molar-refractivity contribution in [1.82, 2.24) is 4.90 Å². The zero-order chi connectivity index (χ0) is 21.7. The minimum Gasteiger partial charge on any atom is -0.492 e. The van der Waals surface area contributed by atoms with Crippen molar-refractivity contribution in [2.24, 2.45) is 0 Å². The first-order valence-electron chi connectivity index (χ1n) is 9.99. The number of nitrogens with zero attached hydrogens (tertiary/aromatic N) is 2. The van der Waals surface area contributed by atoms with Crippen LogP contribution in [0, 0.1) is 0 Å². The van der Waals surface area contributed by atoms with Gasteiger partial charge in [-0.1, -0.05) is 24.3 Å². The molecule has 162 valence electrons. The number of halogens is 3. The summed E-state index contributed by atoms with van der Waals surface area (Å²) < 4.78 is 45.2. The third kappa shape index (κ3) is 5.05. The Morgan fingerprint density at radius 3 is 2.37 bits per heavy atom. The molecule has 1 atom stereocenters. The van der Waals surface area contributed by atoms with E-state index in [1.54, 1.807) is 6.92 Å². The lowest BCUT2D eigenvalue weighted by molar-refractivity contribution is -0.137. The average molecular weight is 421 g/mol. The molecule has 1 N–H and O–H groups in total. The monoisotopic (exact) mass is 421 g/mol. The van der Waals surface area contributed by atoms with Crippen molar-refractivity contribution in [3.8, 4) is 5.75 Å². The van der Waals surface area contributed by atoms with Crippen LogP contribution in [0.1, 0.15) is 19.4 Å². The van der Waals surface area contributed by atoms with Gasteiger partial charge in [0.25, 0.3) is 0 Å². The van der Waals surface area contributed by atoms with Crippen LogP contribution in [0.15, 0.2) is 48.5 Å². The Balaban J connectivity index is 1.62. The van der Waals surface area contributed by atoms with Gasteiger partial charge in [-0.25, -0.2) is 0 Å². The summed E-state index contributed by atoms with van der Waals surface area (Å²) >= 11 is 0. The van der Waals surface area contributed by atoms with Gasteiger partial charge < -0.3 is 15.0 Å². The van der Waals surface area contributed by atoms with Crippen molar-refractivity contribution < 1.29 is 22.7 Å². The molecule has 1 aliphatic rings. The Bertz CT molecular complexity index is 865. The topological polar surface area (TPSA) is 44.8 Å². The fourth-order valence-corrected chi connectivity index (χ4v) is 3.59. The van der Waals surface area contributed by atoms with Gasteiger partial charge in [0, 0.05) is 26.2 Å². The van der Waals surface area contributed by atoms with E-state index in [1.807, 2.05) is 36.1 Å². The zero-order valence-corrected chi connectivity index (χ0v) is 17.1. The van der Waals surface area contributed by atoms with E-state index in [2.05, 4.69) is 10.2 Å². The van der Waals surface area contributed by atoms with Gasteiger partial charge in [-0.3, -0.25) is 9.69 Å². The van der Waals surface area contributed by atoms with Crippen molar-refractivity contribution in [3.63, 3.8) is 0 Å². The molecule has 2 aromatic rings. The normalized spacial score (nSPS) is 16.2. The molecule has 0 aliphatic carbocycles. The molecule has 0 spiro atoms. The Kier molecular flexibility index (Phi) is 6.87. The summed E-state index contributed by atoms with van der Waals surface area (Å²) in [6.07, 6.45) is -4.52. The summed E-state index contributed by atoms with van der Waals surface area (Å²) in [5, 5.41) is 2.45. The quantitative estimate of drug-likeness (QED) is 0.757. The van der Waals surface area contributed by atoms with E-state index in [0.717, 1.165) is 17.5 Å². The number of alkyl halides is 3. The maximum Gasteiger partial charge on any atom is 0.418 e. The molecule has 1 heterocycles. The van der Waals surface area contributed by atoms with Crippen LogP contribution < -0.4 is 15.0 Å². The SMILES string of the molecule is CCOc1ccccc1N1CCN([C@@H](C)C(=O)Nc2ccccc2C(F)(F)F)CC1. The molecule has 0 bridgehead atoms. The predicted octanol–water partition coefficient (Wildman–Crippen LogP) is 4.25. The minimum absolute atomic E-state index is 0.217. The lowest BCUT2D eigenvalue weighted by Crippen LogP contribution is -2.53. The summed E-state index contributed by atoms with van der Waals surface area (Å²) in [5.41, 5.74) is -0.0516. The zero-order valence-electron chi connectivity index (χ0n) is 17.1. The number of carbonyl (C=O) groups excluding carboxylic acids is 1. The average Bonchev–Trinajstić information content (AvgIpc) is 2.73. The van der Waals surface area contributed by atoms with Gasteiger partial charge in [-0.15, -0.1) is 0 Å². The second-order valence-corrected chi connectivity index (χ2v) is 7.13. The Morgan fingerprint density at radius 2 is 1.70 bits per heavy atom. The van der Waals surface area contributed by atoms with Gasteiger partial charge in [-0.05, 0) is 38.1 Å². The van der Waals surface area contributed by atoms with Crippen LogP contribution in [-0.2, 0) is 11.0 Å². The number of nitrogens with one attached hydrogen (secondary N) is 1. The van der Waals surface area contributed by atoms with E-state index in [9.17, 15) is 18.0 Å². The van der Waals surface area contributed by atoms with Gasteiger partial charge in [0.05, 0.1) is 29.6 Å². The first-order valence-corrected chi connectivity index (χ1v) is 9.99. The first-order chi connectivity index (χ1) is 14.3. The largest absolute Gasteiger partial charge is 0.492 e. The Morgan fingerprint density at radius 1 is 1.07 bits per heavy atom. The van der Waals surface area contributed by atoms with Crippen LogP contribution in [0.25, 0.3) is 0 Å². The van der Waals surface area contributed by atoms with Gasteiger partial charge in [0.2, 0.25) is 5.91 Å². The summed E-state index contributed by atoms with van der Waals surface area (Å²) in [6.45, 7) is 6.86. The number of amides is 1. The fourth-order valence-electron chi connectivity index (χ4n) is 3.59. The highest BCUT2D eigenvalue weighted by atomic mass is 19.4. The summed E-state index contributed by atoms with van der Waals surface area (Å²) in [5.74, 6) is 0.373. The lowest BCUT2D eigenvalue weighted by Gasteiger charge is -2.39. The smallest absolute Gasteiger partial charge is 0.418 e. The number of hydrogen-bond acceptors (Lipinski definition) is 4. The van der Waals surface area contributed by atoms with Crippen molar-refractivity contribution in [2.45, 2.75) is 26.1 Å². The van der Waals surface area contributed by atoms with Gasteiger partial charge >= 0.3 is 6.18 Å². The highest BCUT2D eigenvalue weighted by Crippen LogP contribution is 2.34. The molecule has 8 heteroatoms. The second kappa shape index (κ2) is 9.38. The van der Waals surface area contributed by atoms with Crippen molar-refractivity contribution in [1.29, 1.82) is 0 Å². The molecule has 0 radical (unpaired) electrons. The van der Waals surface area contributed by atoms with Crippen LogP contribution in [0.4, 0.5) is 24.5 Å². The van der Waals surface area contributed by atoms with Crippen molar-refractivity contribution in [3.05, 3.63) is 54.1 Å². The fraction of sp³-hybridized carbons (Fsp3) is 0.409. The third-order valence-electron chi connectivity index (χ3n) is 5.24. The molecule has 1 aliphatic heterocycles. The number of para-hydroxylation sites is 3. The van der Waals surface area contributed by atoms with E-state index in [4.69, 9.17) is 4.74 Å². The van der Waals surface area contributed by atoms with Crippen LogP contribution in [0.5, 0.6) is 5.75 Å². The molecule has 0 aromatic heterocycles. The molecule has 0 saturated carbocycles. The third-order valence-corrected chi connectivity index (χ3v) is 5.24. The van der Waals surface area contributed by atoms with Gasteiger partial charge in [0.15, 0.2) is 0 Å². The Hall–Kier alpha value is -2.74. The van der Waals surface area contributed by atoms with Gasteiger partial charge in [-0.2, -0.15) is 13.2 Å². The molecular weight excluding hydrogens is 395 g/mol. The highest BCUT2D eigenvalue weighted by molar-refractivity contribution is 5.95. The molecule has 1 saturated heterocycles. The molecule has 2 aromatic carbocycles. The lowest BCUT2D eigenvalue weighted by atomic mass is 10.1. The molecular formula is C22H26F3N3O2. The molecule has 1 fully saturated rings.